The van der Waals surface area contributed by atoms with Crippen LogP contribution in [-0.2, 0) is 22.4 Å². The van der Waals surface area contributed by atoms with Crippen LogP contribution >= 0.6 is 0 Å². The summed E-state index contributed by atoms with van der Waals surface area (Å²) in [7, 11) is 0. The number of carbonyl (C=O) groups excluding carboxylic acids is 3. The van der Waals surface area contributed by atoms with Gasteiger partial charge in [0, 0.05) is 0 Å². The van der Waals surface area contributed by atoms with Crippen molar-refractivity contribution in [3.63, 3.8) is 0 Å². The first-order valence-corrected chi connectivity index (χ1v) is 9.64. The standard InChI is InChI=1S/C20H25N3O4/c1-3-13(4-2)20(26)27-12-11-23-18(24)16-17(19(23)25)22-15-10-8-6-5-7-9-14(15)21-16/h5-6,13H,3-4,7-12H2,1-2H3/b6-5+. The Bertz CT molecular complexity index is 735. The van der Waals surface area contributed by atoms with Crippen molar-refractivity contribution < 1.29 is 19.1 Å². The van der Waals surface area contributed by atoms with E-state index in [1.165, 1.54) is 0 Å². The summed E-state index contributed by atoms with van der Waals surface area (Å²) < 4.78 is 5.24. The Morgan fingerprint density at radius 3 is 2.04 bits per heavy atom. The summed E-state index contributed by atoms with van der Waals surface area (Å²) in [5.41, 5.74) is 1.83. The second-order valence-corrected chi connectivity index (χ2v) is 6.81. The van der Waals surface area contributed by atoms with Crippen LogP contribution in [-0.4, -0.2) is 45.8 Å². The second-order valence-electron chi connectivity index (χ2n) is 6.81. The topological polar surface area (TPSA) is 89.5 Å². The quantitative estimate of drug-likeness (QED) is 0.434. The van der Waals surface area contributed by atoms with Gasteiger partial charge in [0.1, 0.15) is 6.61 Å². The molecule has 144 valence electrons. The Morgan fingerprint density at radius 2 is 1.56 bits per heavy atom. The van der Waals surface area contributed by atoms with Crippen LogP contribution in [0.5, 0.6) is 0 Å². The highest BCUT2D eigenvalue weighted by Crippen LogP contribution is 2.23. The summed E-state index contributed by atoms with van der Waals surface area (Å²) in [5.74, 6) is -1.35. The highest BCUT2D eigenvalue weighted by molar-refractivity contribution is 6.19. The third kappa shape index (κ3) is 3.91. The van der Waals surface area contributed by atoms with E-state index in [1.54, 1.807) is 0 Å². The number of hydrogen-bond donors (Lipinski definition) is 0. The Balaban J connectivity index is 1.70. The lowest BCUT2D eigenvalue weighted by atomic mass is 10.0. The van der Waals surface area contributed by atoms with E-state index in [0.29, 0.717) is 25.7 Å². The second kappa shape index (κ2) is 8.41. The van der Waals surface area contributed by atoms with Crippen molar-refractivity contribution >= 4 is 17.8 Å². The fourth-order valence-electron chi connectivity index (χ4n) is 3.41. The van der Waals surface area contributed by atoms with Crippen molar-refractivity contribution in [2.24, 2.45) is 5.92 Å². The molecule has 0 spiro atoms. The maximum atomic E-state index is 12.6. The number of carbonyl (C=O) groups is 3. The molecule has 0 fully saturated rings. The monoisotopic (exact) mass is 371 g/mol. The minimum absolute atomic E-state index is 0.00949. The Kier molecular flexibility index (Phi) is 5.98. The number of aryl methyl sites for hydroxylation is 2. The molecule has 0 N–H and O–H groups in total. The molecule has 0 saturated heterocycles. The largest absolute Gasteiger partial charge is 0.464 e. The molecule has 2 amide bonds. The van der Waals surface area contributed by atoms with Crippen molar-refractivity contribution in [1.29, 1.82) is 0 Å². The van der Waals surface area contributed by atoms with Crippen LogP contribution in [0.2, 0.25) is 0 Å². The molecule has 0 aromatic carbocycles. The van der Waals surface area contributed by atoms with E-state index in [0.717, 1.165) is 29.1 Å². The molecule has 7 heteroatoms. The summed E-state index contributed by atoms with van der Waals surface area (Å²) in [6.45, 7) is 3.87. The molecular weight excluding hydrogens is 346 g/mol. The zero-order chi connectivity index (χ0) is 19.4. The molecule has 2 heterocycles. The number of allylic oxidation sites excluding steroid dienone is 2. The first-order chi connectivity index (χ1) is 13.1. The van der Waals surface area contributed by atoms with Crippen LogP contribution in [0.15, 0.2) is 12.2 Å². The number of esters is 1. The summed E-state index contributed by atoms with van der Waals surface area (Å²) >= 11 is 0. The van der Waals surface area contributed by atoms with E-state index >= 15 is 0 Å². The zero-order valence-corrected chi connectivity index (χ0v) is 15.9. The summed E-state index contributed by atoms with van der Waals surface area (Å²) in [5, 5.41) is 0. The molecule has 0 unspecified atom stereocenters. The number of amides is 2. The van der Waals surface area contributed by atoms with Crippen LogP contribution in [0.1, 0.15) is 71.9 Å². The van der Waals surface area contributed by atoms with E-state index in [4.69, 9.17) is 4.74 Å². The minimum atomic E-state index is -0.457. The molecule has 7 nitrogen and oxygen atoms in total. The molecule has 1 aliphatic heterocycles. The lowest BCUT2D eigenvalue weighted by Crippen LogP contribution is -2.34. The van der Waals surface area contributed by atoms with Gasteiger partial charge in [0.15, 0.2) is 11.4 Å². The predicted molar refractivity (Wildman–Crippen MR) is 98.2 cm³/mol. The fraction of sp³-hybridized carbons (Fsp3) is 0.550. The number of imide groups is 1. The normalized spacial score (nSPS) is 17.4. The number of fused-ring (bicyclic) bond motifs is 2. The van der Waals surface area contributed by atoms with Crippen molar-refractivity contribution in [3.8, 4) is 0 Å². The van der Waals surface area contributed by atoms with Crippen LogP contribution in [0.3, 0.4) is 0 Å². The fourth-order valence-corrected chi connectivity index (χ4v) is 3.41. The van der Waals surface area contributed by atoms with Crippen molar-refractivity contribution in [3.05, 3.63) is 34.9 Å². The Morgan fingerprint density at radius 1 is 1.04 bits per heavy atom. The zero-order valence-electron chi connectivity index (χ0n) is 15.9. The highest BCUT2D eigenvalue weighted by Gasteiger charge is 2.39. The van der Waals surface area contributed by atoms with Crippen molar-refractivity contribution in [2.45, 2.75) is 52.4 Å². The van der Waals surface area contributed by atoms with Crippen LogP contribution < -0.4 is 0 Å². The van der Waals surface area contributed by atoms with Gasteiger partial charge >= 0.3 is 5.97 Å². The van der Waals surface area contributed by atoms with Gasteiger partial charge in [-0.05, 0) is 38.5 Å². The summed E-state index contributed by atoms with van der Waals surface area (Å²) in [4.78, 5) is 47.2. The van der Waals surface area contributed by atoms with E-state index in [1.807, 2.05) is 13.8 Å². The number of nitrogens with zero attached hydrogens (tertiary/aromatic N) is 3. The van der Waals surface area contributed by atoms with Gasteiger partial charge in [0.2, 0.25) is 0 Å². The Labute approximate surface area is 158 Å². The number of hydrogen-bond acceptors (Lipinski definition) is 6. The van der Waals surface area contributed by atoms with E-state index < -0.39 is 11.8 Å². The first kappa shape index (κ1) is 19.2. The van der Waals surface area contributed by atoms with Gasteiger partial charge in [-0.3, -0.25) is 19.3 Å². The lowest BCUT2D eigenvalue weighted by Gasteiger charge is -2.15. The first-order valence-electron chi connectivity index (χ1n) is 9.64. The molecule has 1 aliphatic carbocycles. The molecule has 2 aliphatic rings. The van der Waals surface area contributed by atoms with Crippen LogP contribution in [0.4, 0.5) is 0 Å². The summed E-state index contributed by atoms with van der Waals surface area (Å²) in [6.07, 6.45) is 8.72. The number of ether oxygens (including phenoxy) is 1. The van der Waals surface area contributed by atoms with Crippen molar-refractivity contribution in [1.82, 2.24) is 14.9 Å². The van der Waals surface area contributed by atoms with E-state index in [-0.39, 0.29) is 36.4 Å². The van der Waals surface area contributed by atoms with Gasteiger partial charge in [-0.2, -0.15) is 0 Å². The maximum Gasteiger partial charge on any atom is 0.308 e. The Hall–Kier alpha value is -2.57. The van der Waals surface area contributed by atoms with Gasteiger partial charge in [-0.25, -0.2) is 9.97 Å². The number of aromatic nitrogens is 2. The van der Waals surface area contributed by atoms with Crippen LogP contribution in [0, 0.1) is 5.92 Å². The maximum absolute atomic E-state index is 12.6. The molecule has 0 atom stereocenters. The minimum Gasteiger partial charge on any atom is -0.464 e. The molecule has 0 bridgehead atoms. The molecule has 3 rings (SSSR count). The molecule has 1 aromatic rings. The average Bonchev–Trinajstić information content (AvgIpc) is 2.87. The lowest BCUT2D eigenvalue weighted by molar-refractivity contribution is -0.149. The number of rotatable bonds is 6. The highest BCUT2D eigenvalue weighted by atomic mass is 16.5. The predicted octanol–water partition coefficient (Wildman–Crippen LogP) is 2.49. The molecular formula is C20H25N3O4. The molecule has 0 saturated carbocycles. The van der Waals surface area contributed by atoms with Gasteiger partial charge in [0.25, 0.3) is 11.8 Å². The van der Waals surface area contributed by atoms with Crippen LogP contribution in [0.25, 0.3) is 0 Å². The summed E-state index contributed by atoms with van der Waals surface area (Å²) in [6, 6.07) is 0. The van der Waals surface area contributed by atoms with Gasteiger partial charge in [0.05, 0.1) is 23.9 Å². The average molecular weight is 371 g/mol. The van der Waals surface area contributed by atoms with Gasteiger partial charge < -0.3 is 4.74 Å². The third-order valence-corrected chi connectivity index (χ3v) is 5.09. The van der Waals surface area contributed by atoms with Gasteiger partial charge in [-0.15, -0.1) is 0 Å². The molecule has 0 radical (unpaired) electrons. The third-order valence-electron chi connectivity index (χ3n) is 5.09. The molecule has 27 heavy (non-hydrogen) atoms. The van der Waals surface area contributed by atoms with Crippen molar-refractivity contribution in [2.75, 3.05) is 13.2 Å². The van der Waals surface area contributed by atoms with Gasteiger partial charge in [-0.1, -0.05) is 26.0 Å². The van der Waals surface area contributed by atoms with E-state index in [2.05, 4.69) is 22.1 Å². The SMILES string of the molecule is CCC(CC)C(=O)OCCN1C(=O)c2nc3c(nc2C1=O)CC/C=C/CC3. The van der Waals surface area contributed by atoms with E-state index in [9.17, 15) is 14.4 Å². The smallest absolute Gasteiger partial charge is 0.308 e. The molecule has 1 aromatic heterocycles.